The molecule has 31 heavy (non-hydrogen) atoms. The number of hydrogen-bond acceptors (Lipinski definition) is 5. The van der Waals surface area contributed by atoms with Crippen molar-refractivity contribution in [1.29, 1.82) is 0 Å². The van der Waals surface area contributed by atoms with E-state index in [0.29, 0.717) is 24.1 Å². The Morgan fingerprint density at radius 2 is 1.68 bits per heavy atom. The van der Waals surface area contributed by atoms with Gasteiger partial charge < -0.3 is 5.32 Å². The number of sulfonamides is 1. The SMILES string of the molecule is CC(=O)c1ccc(S(=O)(=O)N2CCC3(CC2)N=C(c2ccc(C)c(C)c2)C(=O)N3)cc1. The third-order valence-corrected chi connectivity index (χ3v) is 8.03. The largest absolute Gasteiger partial charge is 0.326 e. The van der Waals surface area contributed by atoms with Gasteiger partial charge in [0, 0.05) is 37.1 Å². The van der Waals surface area contributed by atoms with E-state index in [9.17, 15) is 18.0 Å². The summed E-state index contributed by atoms with van der Waals surface area (Å²) in [5, 5.41) is 2.98. The quantitative estimate of drug-likeness (QED) is 0.741. The standard InChI is InChI=1S/C23H25N3O4S/c1-15-4-5-19(14-16(15)2)21-22(28)25-23(24-21)10-12-26(13-11-23)31(29,30)20-8-6-18(7-9-20)17(3)27/h4-9,14H,10-13H2,1-3H3,(H,25,28). The van der Waals surface area contributed by atoms with Crippen molar-refractivity contribution >= 4 is 27.4 Å². The van der Waals surface area contributed by atoms with Gasteiger partial charge >= 0.3 is 0 Å². The highest BCUT2D eigenvalue weighted by atomic mass is 32.2. The second-order valence-electron chi connectivity index (χ2n) is 8.23. The Hall–Kier alpha value is -2.84. The highest BCUT2D eigenvalue weighted by Crippen LogP contribution is 2.31. The van der Waals surface area contributed by atoms with Crippen molar-refractivity contribution in [1.82, 2.24) is 9.62 Å². The third-order valence-electron chi connectivity index (χ3n) is 6.12. The molecule has 0 aromatic heterocycles. The molecule has 2 aromatic carbocycles. The van der Waals surface area contributed by atoms with E-state index < -0.39 is 15.7 Å². The highest BCUT2D eigenvalue weighted by molar-refractivity contribution is 7.89. The average Bonchev–Trinajstić information content (AvgIpc) is 3.06. The third kappa shape index (κ3) is 3.93. The molecule has 0 aliphatic carbocycles. The molecule has 2 heterocycles. The summed E-state index contributed by atoms with van der Waals surface area (Å²) in [4.78, 5) is 28.9. The Morgan fingerprint density at radius 3 is 2.26 bits per heavy atom. The van der Waals surface area contributed by atoms with Gasteiger partial charge in [-0.15, -0.1) is 0 Å². The summed E-state index contributed by atoms with van der Waals surface area (Å²) in [5.74, 6) is -0.336. The first kappa shape index (κ1) is 21.4. The van der Waals surface area contributed by atoms with E-state index in [1.54, 1.807) is 0 Å². The number of carbonyl (C=O) groups is 2. The van der Waals surface area contributed by atoms with Gasteiger partial charge in [-0.2, -0.15) is 4.31 Å². The van der Waals surface area contributed by atoms with Crippen molar-refractivity contribution in [3.05, 3.63) is 64.7 Å². The van der Waals surface area contributed by atoms with Crippen LogP contribution in [0.15, 0.2) is 52.4 Å². The Kier molecular flexibility index (Phi) is 5.31. The lowest BCUT2D eigenvalue weighted by Crippen LogP contribution is -2.52. The van der Waals surface area contributed by atoms with Crippen LogP contribution < -0.4 is 5.32 Å². The lowest BCUT2D eigenvalue weighted by Gasteiger charge is -2.36. The van der Waals surface area contributed by atoms with Crippen molar-refractivity contribution in [2.45, 2.75) is 44.2 Å². The Bertz CT molecular complexity index is 1190. The van der Waals surface area contributed by atoms with Crippen LogP contribution in [0.3, 0.4) is 0 Å². The van der Waals surface area contributed by atoms with Crippen molar-refractivity contribution < 1.29 is 18.0 Å². The molecule has 0 radical (unpaired) electrons. The number of amides is 1. The second kappa shape index (κ2) is 7.69. The fourth-order valence-electron chi connectivity index (χ4n) is 3.99. The fraction of sp³-hybridized carbons (Fsp3) is 0.348. The highest BCUT2D eigenvalue weighted by Gasteiger charge is 2.44. The molecule has 1 saturated heterocycles. The smallest absolute Gasteiger partial charge is 0.272 e. The maximum Gasteiger partial charge on any atom is 0.272 e. The van der Waals surface area contributed by atoms with Crippen LogP contribution in [0.2, 0.25) is 0 Å². The van der Waals surface area contributed by atoms with Gasteiger partial charge in [0.2, 0.25) is 10.0 Å². The molecule has 7 nitrogen and oxygen atoms in total. The monoisotopic (exact) mass is 439 g/mol. The number of piperidine rings is 1. The van der Waals surface area contributed by atoms with Gasteiger partial charge in [0.15, 0.2) is 5.78 Å². The molecule has 2 aromatic rings. The molecule has 0 bridgehead atoms. The normalized spacial score (nSPS) is 18.7. The van der Waals surface area contributed by atoms with Crippen molar-refractivity contribution in [2.24, 2.45) is 4.99 Å². The van der Waals surface area contributed by atoms with E-state index >= 15 is 0 Å². The number of Topliss-reactive ketones (excluding diaryl/α,β-unsaturated/α-hetero) is 1. The van der Waals surface area contributed by atoms with Gasteiger partial charge in [-0.25, -0.2) is 8.42 Å². The van der Waals surface area contributed by atoms with Crippen LogP contribution >= 0.6 is 0 Å². The molecule has 1 fully saturated rings. The summed E-state index contributed by atoms with van der Waals surface area (Å²) in [6, 6.07) is 11.8. The van der Waals surface area contributed by atoms with E-state index in [2.05, 4.69) is 5.32 Å². The van der Waals surface area contributed by atoms with Crippen LogP contribution in [0, 0.1) is 13.8 Å². The maximum absolute atomic E-state index is 13.0. The Labute approximate surface area is 182 Å². The van der Waals surface area contributed by atoms with Gasteiger partial charge in [-0.3, -0.25) is 14.6 Å². The summed E-state index contributed by atoms with van der Waals surface area (Å²) in [5.41, 5.74) is 3.11. The number of ketones is 1. The molecule has 2 aliphatic rings. The van der Waals surface area contributed by atoms with Crippen LogP contribution in [0.25, 0.3) is 0 Å². The molecule has 2 aliphatic heterocycles. The molecular weight excluding hydrogens is 414 g/mol. The van der Waals surface area contributed by atoms with Gasteiger partial charge in [-0.1, -0.05) is 24.3 Å². The summed E-state index contributed by atoms with van der Waals surface area (Å²) >= 11 is 0. The molecule has 8 heteroatoms. The van der Waals surface area contributed by atoms with Crippen LogP contribution in [-0.4, -0.2) is 48.9 Å². The van der Waals surface area contributed by atoms with Gasteiger partial charge in [-0.05, 0) is 50.1 Å². The summed E-state index contributed by atoms with van der Waals surface area (Å²) in [7, 11) is -3.68. The Morgan fingerprint density at radius 1 is 1.03 bits per heavy atom. The number of aryl methyl sites for hydroxylation is 2. The topological polar surface area (TPSA) is 95.9 Å². The number of carbonyl (C=O) groups excluding carboxylic acids is 2. The molecule has 1 amide bonds. The summed E-state index contributed by atoms with van der Waals surface area (Å²) in [6.45, 7) is 5.95. The Balaban J connectivity index is 1.52. The molecule has 0 atom stereocenters. The van der Waals surface area contributed by atoms with Crippen molar-refractivity contribution in [2.75, 3.05) is 13.1 Å². The lowest BCUT2D eigenvalue weighted by atomic mass is 10.00. The maximum atomic E-state index is 13.0. The first-order valence-electron chi connectivity index (χ1n) is 10.2. The molecule has 1 N–H and O–H groups in total. The zero-order valence-electron chi connectivity index (χ0n) is 17.8. The van der Waals surface area contributed by atoms with Gasteiger partial charge in [0.05, 0.1) is 4.90 Å². The number of benzene rings is 2. The molecular formula is C23H25N3O4S. The average molecular weight is 440 g/mol. The van der Waals surface area contributed by atoms with Gasteiger partial charge in [0.25, 0.3) is 5.91 Å². The number of aliphatic imine (C=N–C) groups is 1. The number of nitrogens with zero attached hydrogens (tertiary/aromatic N) is 2. The molecule has 0 saturated carbocycles. The van der Waals surface area contributed by atoms with E-state index in [1.807, 2.05) is 32.0 Å². The first-order valence-corrected chi connectivity index (χ1v) is 11.7. The predicted octanol–water partition coefficient (Wildman–Crippen LogP) is 2.61. The van der Waals surface area contributed by atoms with E-state index in [0.717, 1.165) is 16.7 Å². The zero-order chi connectivity index (χ0) is 22.4. The summed E-state index contributed by atoms with van der Waals surface area (Å²) < 4.78 is 27.4. The summed E-state index contributed by atoms with van der Waals surface area (Å²) in [6.07, 6.45) is 0.801. The molecule has 1 spiro atoms. The minimum Gasteiger partial charge on any atom is -0.326 e. The zero-order valence-corrected chi connectivity index (χ0v) is 18.6. The number of nitrogens with one attached hydrogen (secondary N) is 1. The van der Waals surface area contributed by atoms with E-state index in [4.69, 9.17) is 4.99 Å². The van der Waals surface area contributed by atoms with Crippen LogP contribution in [0.5, 0.6) is 0 Å². The van der Waals surface area contributed by atoms with Crippen molar-refractivity contribution in [3.8, 4) is 0 Å². The lowest BCUT2D eigenvalue weighted by molar-refractivity contribution is -0.115. The van der Waals surface area contributed by atoms with E-state index in [1.165, 1.54) is 35.5 Å². The van der Waals surface area contributed by atoms with Crippen LogP contribution in [0.4, 0.5) is 0 Å². The number of rotatable bonds is 4. The molecule has 4 rings (SSSR count). The first-order chi connectivity index (χ1) is 14.6. The minimum absolute atomic E-state index is 0.113. The molecule has 162 valence electrons. The van der Waals surface area contributed by atoms with Gasteiger partial charge in [0.1, 0.15) is 11.4 Å². The van der Waals surface area contributed by atoms with Crippen LogP contribution in [-0.2, 0) is 14.8 Å². The van der Waals surface area contributed by atoms with Crippen molar-refractivity contribution in [3.63, 3.8) is 0 Å². The fourth-order valence-corrected chi connectivity index (χ4v) is 5.43. The minimum atomic E-state index is -3.68. The number of hydrogen-bond donors (Lipinski definition) is 1. The van der Waals surface area contributed by atoms with E-state index in [-0.39, 0.29) is 29.7 Å². The predicted molar refractivity (Wildman–Crippen MR) is 118 cm³/mol. The second-order valence-corrected chi connectivity index (χ2v) is 10.2. The van der Waals surface area contributed by atoms with Crippen LogP contribution in [0.1, 0.15) is 46.8 Å². The molecule has 0 unspecified atom stereocenters.